The van der Waals surface area contributed by atoms with Gasteiger partial charge in [-0.05, 0) is 39.8 Å². The maximum absolute atomic E-state index is 4.43. The predicted octanol–water partition coefficient (Wildman–Crippen LogP) is 4.29. The Balaban J connectivity index is 2.11. The van der Waals surface area contributed by atoms with Crippen molar-refractivity contribution < 1.29 is 0 Å². The molecule has 0 fully saturated rings. The second kappa shape index (κ2) is 6.49. The zero-order chi connectivity index (χ0) is 17.4. The van der Waals surface area contributed by atoms with Crippen molar-refractivity contribution in [3.8, 4) is 5.00 Å². The lowest BCUT2D eigenvalue weighted by molar-refractivity contribution is 0.247. The van der Waals surface area contributed by atoms with Crippen LogP contribution in [0.25, 0.3) is 5.00 Å². The standard InChI is InChI=1S/C19H24N4S/c1-7-8-9-12(2)10-16-14(4)24-19-17(16)11-22(6)13(3)18-21-20-15(5)23(18)19/h7-9,13H,1-2,10-11H2,3-6H3/b9-8-. The summed E-state index contributed by atoms with van der Waals surface area (Å²) in [5.41, 5.74) is 3.86. The average Bonchev–Trinajstić information content (AvgIpc) is 3.03. The van der Waals surface area contributed by atoms with Crippen LogP contribution in [-0.2, 0) is 13.0 Å². The number of thiophene rings is 1. The maximum atomic E-state index is 4.43. The molecule has 24 heavy (non-hydrogen) atoms. The molecule has 1 unspecified atom stereocenters. The third kappa shape index (κ3) is 2.78. The topological polar surface area (TPSA) is 34.0 Å². The minimum Gasteiger partial charge on any atom is -0.292 e. The van der Waals surface area contributed by atoms with Crippen LogP contribution < -0.4 is 0 Å². The monoisotopic (exact) mass is 340 g/mol. The first-order valence-corrected chi connectivity index (χ1v) is 8.96. The highest BCUT2D eigenvalue weighted by molar-refractivity contribution is 7.14. The summed E-state index contributed by atoms with van der Waals surface area (Å²) < 4.78 is 2.23. The van der Waals surface area contributed by atoms with Crippen molar-refractivity contribution in [2.24, 2.45) is 0 Å². The van der Waals surface area contributed by atoms with Crippen LogP contribution in [0.15, 0.2) is 37.0 Å². The van der Waals surface area contributed by atoms with Crippen molar-refractivity contribution in [2.75, 3.05) is 7.05 Å². The smallest absolute Gasteiger partial charge is 0.155 e. The number of hydrogen-bond donors (Lipinski definition) is 0. The van der Waals surface area contributed by atoms with E-state index in [0.717, 1.165) is 30.2 Å². The highest BCUT2D eigenvalue weighted by Crippen LogP contribution is 2.39. The van der Waals surface area contributed by atoms with Crippen LogP contribution in [0.3, 0.4) is 0 Å². The summed E-state index contributed by atoms with van der Waals surface area (Å²) in [5.74, 6) is 1.97. The van der Waals surface area contributed by atoms with Crippen LogP contribution >= 0.6 is 11.3 Å². The third-order valence-electron chi connectivity index (χ3n) is 4.66. The quantitative estimate of drug-likeness (QED) is 0.779. The maximum Gasteiger partial charge on any atom is 0.155 e. The highest BCUT2D eigenvalue weighted by atomic mass is 32.1. The molecule has 0 aliphatic carbocycles. The van der Waals surface area contributed by atoms with E-state index in [2.05, 4.69) is 53.7 Å². The fourth-order valence-corrected chi connectivity index (χ4v) is 4.39. The molecule has 0 saturated carbocycles. The number of aromatic nitrogens is 3. The molecule has 0 saturated heterocycles. The van der Waals surface area contributed by atoms with Crippen LogP contribution in [0, 0.1) is 13.8 Å². The Labute approximate surface area is 147 Å². The van der Waals surface area contributed by atoms with E-state index in [-0.39, 0.29) is 6.04 Å². The molecule has 126 valence electrons. The van der Waals surface area contributed by atoms with Crippen molar-refractivity contribution in [3.05, 3.63) is 64.6 Å². The Morgan fingerprint density at radius 3 is 2.83 bits per heavy atom. The van der Waals surface area contributed by atoms with Crippen molar-refractivity contribution in [1.29, 1.82) is 0 Å². The molecule has 2 aromatic rings. The zero-order valence-corrected chi connectivity index (χ0v) is 15.7. The summed E-state index contributed by atoms with van der Waals surface area (Å²) in [4.78, 5) is 3.68. The fraction of sp³-hybridized carbons (Fsp3) is 0.368. The lowest BCUT2D eigenvalue weighted by Crippen LogP contribution is -2.22. The molecule has 1 aliphatic rings. The molecule has 3 rings (SSSR count). The number of nitrogens with zero attached hydrogens (tertiary/aromatic N) is 4. The summed E-state index contributed by atoms with van der Waals surface area (Å²) in [6.07, 6.45) is 6.63. The highest BCUT2D eigenvalue weighted by Gasteiger charge is 2.30. The molecule has 0 N–H and O–H groups in total. The van der Waals surface area contributed by atoms with Gasteiger partial charge in [0.25, 0.3) is 0 Å². The van der Waals surface area contributed by atoms with Gasteiger partial charge in [-0.3, -0.25) is 9.47 Å². The molecule has 0 bridgehead atoms. The molecule has 0 amide bonds. The van der Waals surface area contributed by atoms with Gasteiger partial charge in [-0.25, -0.2) is 0 Å². The van der Waals surface area contributed by atoms with Crippen molar-refractivity contribution in [1.82, 2.24) is 19.7 Å². The Bertz CT molecular complexity index is 825. The van der Waals surface area contributed by atoms with E-state index < -0.39 is 0 Å². The Hall–Kier alpha value is -1.98. The van der Waals surface area contributed by atoms with Crippen LogP contribution in [0.4, 0.5) is 0 Å². The van der Waals surface area contributed by atoms with Crippen LogP contribution in [-0.4, -0.2) is 26.7 Å². The summed E-state index contributed by atoms with van der Waals surface area (Å²) in [6, 6.07) is 0.239. The normalized spacial score (nSPS) is 17.6. The van der Waals surface area contributed by atoms with E-state index in [1.165, 1.54) is 21.0 Å². The van der Waals surface area contributed by atoms with Crippen molar-refractivity contribution in [2.45, 2.75) is 39.8 Å². The minimum atomic E-state index is 0.239. The van der Waals surface area contributed by atoms with Gasteiger partial charge in [0.15, 0.2) is 5.82 Å². The first kappa shape index (κ1) is 16.9. The molecule has 0 radical (unpaired) electrons. The van der Waals surface area contributed by atoms with E-state index in [1.54, 1.807) is 6.08 Å². The van der Waals surface area contributed by atoms with Crippen molar-refractivity contribution in [3.63, 3.8) is 0 Å². The fourth-order valence-electron chi connectivity index (χ4n) is 3.16. The van der Waals surface area contributed by atoms with Crippen LogP contribution in [0.1, 0.15) is 40.6 Å². The number of hydrogen-bond acceptors (Lipinski definition) is 4. The number of allylic oxidation sites excluding steroid dienone is 4. The molecule has 3 heterocycles. The van der Waals surface area contributed by atoms with E-state index >= 15 is 0 Å². The van der Waals surface area contributed by atoms with Gasteiger partial charge < -0.3 is 0 Å². The molecule has 2 aromatic heterocycles. The summed E-state index contributed by atoms with van der Waals surface area (Å²) in [6.45, 7) is 15.2. The van der Waals surface area contributed by atoms with Gasteiger partial charge in [0.1, 0.15) is 10.8 Å². The second-order valence-corrected chi connectivity index (χ2v) is 7.59. The van der Waals surface area contributed by atoms with E-state index in [4.69, 9.17) is 0 Å². The molecule has 1 atom stereocenters. The van der Waals surface area contributed by atoms with Crippen molar-refractivity contribution >= 4 is 11.3 Å². The molecular weight excluding hydrogens is 316 g/mol. The number of aryl methyl sites for hydroxylation is 2. The molecule has 0 spiro atoms. The largest absolute Gasteiger partial charge is 0.292 e. The molecule has 1 aliphatic heterocycles. The van der Waals surface area contributed by atoms with Crippen LogP contribution in [0.5, 0.6) is 0 Å². The number of rotatable bonds is 4. The third-order valence-corrected chi connectivity index (χ3v) is 5.84. The van der Waals surface area contributed by atoms with Gasteiger partial charge in [0.2, 0.25) is 0 Å². The first-order chi connectivity index (χ1) is 11.4. The lowest BCUT2D eigenvalue weighted by Gasteiger charge is -2.21. The zero-order valence-electron chi connectivity index (χ0n) is 14.8. The van der Waals surface area contributed by atoms with Gasteiger partial charge >= 0.3 is 0 Å². The second-order valence-electron chi connectivity index (χ2n) is 6.38. The first-order valence-electron chi connectivity index (χ1n) is 8.14. The van der Waals surface area contributed by atoms with Gasteiger partial charge in [0, 0.05) is 17.0 Å². The predicted molar refractivity (Wildman–Crippen MR) is 101 cm³/mol. The lowest BCUT2D eigenvalue weighted by atomic mass is 10.0. The van der Waals surface area contributed by atoms with Gasteiger partial charge in [-0.1, -0.05) is 37.0 Å². The number of fused-ring (bicyclic) bond motifs is 3. The Morgan fingerprint density at radius 2 is 2.12 bits per heavy atom. The Morgan fingerprint density at radius 1 is 1.38 bits per heavy atom. The molecular formula is C19H24N4S. The van der Waals surface area contributed by atoms with Gasteiger partial charge in [-0.2, -0.15) is 0 Å². The van der Waals surface area contributed by atoms with Crippen LogP contribution in [0.2, 0.25) is 0 Å². The van der Waals surface area contributed by atoms with Gasteiger partial charge in [0.05, 0.1) is 6.04 Å². The minimum absolute atomic E-state index is 0.239. The molecule has 5 heteroatoms. The van der Waals surface area contributed by atoms with E-state index in [0.29, 0.717) is 0 Å². The van der Waals surface area contributed by atoms with E-state index in [9.17, 15) is 0 Å². The Kier molecular flexibility index (Phi) is 4.56. The SMILES string of the molecule is C=C/C=C\C(=C)Cc1c(C)sc2c1CN(C)C(C)c1nnc(C)n1-2. The summed E-state index contributed by atoms with van der Waals surface area (Å²) >= 11 is 1.83. The van der Waals surface area contributed by atoms with Gasteiger partial charge in [-0.15, -0.1) is 21.5 Å². The summed E-state index contributed by atoms with van der Waals surface area (Å²) in [7, 11) is 2.15. The molecule has 4 nitrogen and oxygen atoms in total. The molecule has 0 aromatic carbocycles. The average molecular weight is 340 g/mol. The van der Waals surface area contributed by atoms with E-state index in [1.807, 2.05) is 30.4 Å². The summed E-state index contributed by atoms with van der Waals surface area (Å²) in [5, 5.41) is 10.0.